The highest BCUT2D eigenvalue weighted by atomic mass is 35.5. The molecule has 0 aromatic carbocycles. The zero-order valence-electron chi connectivity index (χ0n) is 9.86. The minimum absolute atomic E-state index is 0.396. The molecule has 0 saturated carbocycles. The molecule has 0 saturated heterocycles. The number of aromatic nitrogens is 4. The summed E-state index contributed by atoms with van der Waals surface area (Å²) < 4.78 is 0. The highest BCUT2D eigenvalue weighted by Gasteiger charge is 2.07. The Morgan fingerprint density at radius 2 is 1.53 bits per heavy atom. The summed E-state index contributed by atoms with van der Waals surface area (Å²) in [5.41, 5.74) is 2.47. The Kier molecular flexibility index (Phi) is 3.16. The van der Waals surface area contributed by atoms with Crippen LogP contribution in [0.25, 0.3) is 22.6 Å². The topological polar surface area (TPSA) is 51.6 Å². The quantitative estimate of drug-likeness (QED) is 0.670. The molecule has 0 bridgehead atoms. The average Bonchev–Trinajstić information content (AvgIpc) is 2.48. The predicted octanol–water partition coefficient (Wildman–Crippen LogP) is 3.25. The summed E-state index contributed by atoms with van der Waals surface area (Å²) in [6, 6.07) is 9.24. The van der Waals surface area contributed by atoms with Crippen molar-refractivity contribution < 1.29 is 0 Å². The van der Waals surface area contributed by atoms with Gasteiger partial charge in [0.1, 0.15) is 5.15 Å². The van der Waals surface area contributed by atoms with Gasteiger partial charge in [0.25, 0.3) is 0 Å². The zero-order chi connectivity index (χ0) is 13.1. The third kappa shape index (κ3) is 2.58. The SMILES string of the molecule is Clc1cc(-c2cccnc2)nc(-c2cccnc2)n1. The molecule has 19 heavy (non-hydrogen) atoms. The van der Waals surface area contributed by atoms with Crippen LogP contribution in [0.1, 0.15) is 0 Å². The molecule has 0 atom stereocenters. The fourth-order valence-electron chi connectivity index (χ4n) is 1.70. The first-order valence-electron chi connectivity index (χ1n) is 5.68. The number of hydrogen-bond donors (Lipinski definition) is 0. The van der Waals surface area contributed by atoms with Crippen LogP contribution in [0.5, 0.6) is 0 Å². The molecule has 5 heteroatoms. The van der Waals surface area contributed by atoms with Crippen LogP contribution in [0.2, 0.25) is 5.15 Å². The maximum absolute atomic E-state index is 6.06. The van der Waals surface area contributed by atoms with Crippen LogP contribution < -0.4 is 0 Å². The lowest BCUT2D eigenvalue weighted by molar-refractivity contribution is 1.16. The fraction of sp³-hybridized carbons (Fsp3) is 0. The summed E-state index contributed by atoms with van der Waals surface area (Å²) >= 11 is 6.06. The van der Waals surface area contributed by atoms with Crippen molar-refractivity contribution in [3.63, 3.8) is 0 Å². The van der Waals surface area contributed by atoms with E-state index in [4.69, 9.17) is 11.6 Å². The van der Waals surface area contributed by atoms with Gasteiger partial charge in [-0.15, -0.1) is 0 Å². The van der Waals surface area contributed by atoms with E-state index in [0.29, 0.717) is 11.0 Å². The van der Waals surface area contributed by atoms with Crippen LogP contribution >= 0.6 is 11.6 Å². The Morgan fingerprint density at radius 3 is 2.16 bits per heavy atom. The Labute approximate surface area is 115 Å². The molecule has 4 nitrogen and oxygen atoms in total. The number of hydrogen-bond acceptors (Lipinski definition) is 4. The molecule has 92 valence electrons. The molecule has 3 rings (SSSR count). The van der Waals surface area contributed by atoms with Gasteiger partial charge in [-0.05, 0) is 24.3 Å². The maximum atomic E-state index is 6.06. The van der Waals surface area contributed by atoms with E-state index in [2.05, 4.69) is 19.9 Å². The van der Waals surface area contributed by atoms with E-state index in [-0.39, 0.29) is 0 Å². The Bertz CT molecular complexity index is 629. The number of rotatable bonds is 2. The Balaban J connectivity index is 2.12. The lowest BCUT2D eigenvalue weighted by Crippen LogP contribution is -1.93. The van der Waals surface area contributed by atoms with Crippen molar-refractivity contribution >= 4 is 11.6 Å². The number of pyridine rings is 2. The molecule has 0 aliphatic carbocycles. The standard InChI is InChI=1S/C14H9ClN4/c15-13-7-12(10-3-1-5-16-8-10)18-14(19-13)11-4-2-6-17-9-11/h1-9H. The van der Waals surface area contributed by atoms with Crippen LogP contribution in [0.4, 0.5) is 0 Å². The largest absolute Gasteiger partial charge is 0.264 e. The van der Waals surface area contributed by atoms with E-state index in [1.165, 1.54) is 0 Å². The summed E-state index contributed by atoms with van der Waals surface area (Å²) in [6.45, 7) is 0. The summed E-state index contributed by atoms with van der Waals surface area (Å²) in [4.78, 5) is 16.9. The van der Waals surface area contributed by atoms with E-state index in [1.807, 2.05) is 24.3 Å². The van der Waals surface area contributed by atoms with Crippen molar-refractivity contribution in [1.82, 2.24) is 19.9 Å². The van der Waals surface area contributed by atoms with E-state index in [1.54, 1.807) is 30.9 Å². The van der Waals surface area contributed by atoms with Gasteiger partial charge in [-0.3, -0.25) is 9.97 Å². The highest BCUT2D eigenvalue weighted by molar-refractivity contribution is 6.29. The van der Waals surface area contributed by atoms with Crippen LogP contribution in [-0.2, 0) is 0 Å². The number of nitrogens with zero attached hydrogens (tertiary/aromatic N) is 4. The number of halogens is 1. The smallest absolute Gasteiger partial charge is 0.163 e. The van der Waals surface area contributed by atoms with Gasteiger partial charge < -0.3 is 0 Å². The van der Waals surface area contributed by atoms with Crippen molar-refractivity contribution in [3.8, 4) is 22.6 Å². The predicted molar refractivity (Wildman–Crippen MR) is 73.5 cm³/mol. The minimum atomic E-state index is 0.396. The van der Waals surface area contributed by atoms with Gasteiger partial charge in [-0.2, -0.15) is 0 Å². The molecule has 3 heterocycles. The molecule has 0 fully saturated rings. The molecule has 3 aromatic rings. The second kappa shape index (κ2) is 5.12. The van der Waals surface area contributed by atoms with Crippen molar-refractivity contribution in [2.45, 2.75) is 0 Å². The molecular weight excluding hydrogens is 260 g/mol. The van der Waals surface area contributed by atoms with Gasteiger partial charge in [0.05, 0.1) is 5.69 Å². The third-order valence-corrected chi connectivity index (χ3v) is 2.77. The van der Waals surface area contributed by atoms with Crippen LogP contribution in [-0.4, -0.2) is 19.9 Å². The molecule has 0 spiro atoms. The van der Waals surface area contributed by atoms with Gasteiger partial charge in [-0.25, -0.2) is 9.97 Å². The molecule has 0 aliphatic heterocycles. The van der Waals surface area contributed by atoms with Crippen LogP contribution in [0.3, 0.4) is 0 Å². The van der Waals surface area contributed by atoms with Crippen molar-refractivity contribution in [1.29, 1.82) is 0 Å². The maximum Gasteiger partial charge on any atom is 0.163 e. The Hall–Kier alpha value is -2.33. The monoisotopic (exact) mass is 268 g/mol. The lowest BCUT2D eigenvalue weighted by Gasteiger charge is -2.04. The Morgan fingerprint density at radius 1 is 0.842 bits per heavy atom. The molecular formula is C14H9ClN4. The fourth-order valence-corrected chi connectivity index (χ4v) is 1.89. The molecule has 0 radical (unpaired) electrons. The minimum Gasteiger partial charge on any atom is -0.264 e. The third-order valence-electron chi connectivity index (χ3n) is 2.57. The zero-order valence-corrected chi connectivity index (χ0v) is 10.6. The van der Waals surface area contributed by atoms with Crippen LogP contribution in [0.15, 0.2) is 55.1 Å². The van der Waals surface area contributed by atoms with Gasteiger partial charge in [-0.1, -0.05) is 11.6 Å². The van der Waals surface area contributed by atoms with Gasteiger partial charge in [0, 0.05) is 42.0 Å². The first-order valence-corrected chi connectivity index (χ1v) is 6.06. The second-order valence-electron chi connectivity index (χ2n) is 3.88. The van der Waals surface area contributed by atoms with Crippen molar-refractivity contribution in [2.24, 2.45) is 0 Å². The lowest BCUT2D eigenvalue weighted by atomic mass is 10.2. The van der Waals surface area contributed by atoms with Crippen LogP contribution in [0, 0.1) is 0 Å². The second-order valence-corrected chi connectivity index (χ2v) is 4.27. The summed E-state index contributed by atoms with van der Waals surface area (Å²) in [7, 11) is 0. The molecule has 0 amide bonds. The van der Waals surface area contributed by atoms with E-state index in [9.17, 15) is 0 Å². The van der Waals surface area contributed by atoms with Gasteiger partial charge in [0.15, 0.2) is 5.82 Å². The van der Waals surface area contributed by atoms with E-state index < -0.39 is 0 Å². The first-order chi connectivity index (χ1) is 9.33. The van der Waals surface area contributed by atoms with Crippen molar-refractivity contribution in [2.75, 3.05) is 0 Å². The average molecular weight is 269 g/mol. The highest BCUT2D eigenvalue weighted by Crippen LogP contribution is 2.23. The summed E-state index contributed by atoms with van der Waals surface area (Å²) in [5, 5.41) is 0.396. The van der Waals surface area contributed by atoms with Gasteiger partial charge >= 0.3 is 0 Å². The van der Waals surface area contributed by atoms with E-state index >= 15 is 0 Å². The van der Waals surface area contributed by atoms with Crippen molar-refractivity contribution in [3.05, 3.63) is 60.3 Å². The summed E-state index contributed by atoms with van der Waals surface area (Å²) in [6.07, 6.45) is 6.87. The molecule has 0 aliphatic rings. The molecule has 0 N–H and O–H groups in total. The first kappa shape index (κ1) is 11.7. The van der Waals surface area contributed by atoms with Gasteiger partial charge in [0.2, 0.25) is 0 Å². The van der Waals surface area contributed by atoms with E-state index in [0.717, 1.165) is 16.8 Å². The molecule has 0 unspecified atom stereocenters. The summed E-state index contributed by atoms with van der Waals surface area (Å²) in [5.74, 6) is 0.555. The normalized spacial score (nSPS) is 10.4. The molecule has 3 aromatic heterocycles.